The summed E-state index contributed by atoms with van der Waals surface area (Å²) in [6, 6.07) is 2.63. The molecular formula is C23H26FN7O3S2. The molecule has 0 saturated carbocycles. The molecule has 4 aromatic rings. The third kappa shape index (κ3) is 5.03. The average molecular weight is 532 g/mol. The van der Waals surface area contributed by atoms with E-state index in [1.54, 1.807) is 6.20 Å². The van der Waals surface area contributed by atoms with Gasteiger partial charge in [-0.25, -0.2) is 32.9 Å². The van der Waals surface area contributed by atoms with Crippen molar-refractivity contribution in [2.24, 2.45) is 5.92 Å². The van der Waals surface area contributed by atoms with Crippen LogP contribution in [0.4, 0.5) is 10.3 Å². The minimum Gasteiger partial charge on any atom is -0.466 e. The van der Waals surface area contributed by atoms with Crippen LogP contribution in [0.25, 0.3) is 16.2 Å². The number of nitrogens with zero attached hydrogens (tertiary/aromatic N) is 7. The Bertz CT molecular complexity index is 1450. The molecule has 1 aliphatic rings. The Kier molecular flexibility index (Phi) is 6.60. The third-order valence-corrected chi connectivity index (χ3v) is 8.18. The number of sulfone groups is 1. The van der Waals surface area contributed by atoms with Crippen molar-refractivity contribution >= 4 is 32.1 Å². The molecule has 0 N–H and O–H groups in total. The molecule has 4 aromatic heterocycles. The molecule has 10 nitrogen and oxygen atoms in total. The minimum atomic E-state index is -3.60. The van der Waals surface area contributed by atoms with Gasteiger partial charge in [0.25, 0.3) is 5.19 Å². The molecule has 0 spiro atoms. The topological polar surface area (TPSA) is 115 Å². The maximum Gasteiger partial charge on any atom is 0.294 e. The van der Waals surface area contributed by atoms with Crippen molar-refractivity contribution in [3.63, 3.8) is 0 Å². The van der Waals surface area contributed by atoms with Crippen molar-refractivity contribution in [1.82, 2.24) is 29.5 Å². The van der Waals surface area contributed by atoms with Crippen LogP contribution in [0.1, 0.15) is 32.3 Å². The number of hydrogen-bond donors (Lipinski definition) is 0. The van der Waals surface area contributed by atoms with E-state index in [2.05, 4.69) is 36.9 Å². The summed E-state index contributed by atoms with van der Waals surface area (Å²) in [4.78, 5) is 19.7. The molecule has 13 heteroatoms. The second-order valence-corrected chi connectivity index (χ2v) is 11.8. The lowest BCUT2D eigenvalue weighted by Gasteiger charge is -2.34. The highest BCUT2D eigenvalue weighted by atomic mass is 32.2. The highest BCUT2D eigenvalue weighted by Crippen LogP contribution is 2.30. The van der Waals surface area contributed by atoms with E-state index >= 15 is 0 Å². The van der Waals surface area contributed by atoms with Crippen LogP contribution in [0.3, 0.4) is 0 Å². The van der Waals surface area contributed by atoms with Crippen molar-refractivity contribution in [3.05, 3.63) is 42.2 Å². The smallest absolute Gasteiger partial charge is 0.294 e. The molecule has 1 atom stereocenters. The number of anilines is 1. The van der Waals surface area contributed by atoms with Crippen LogP contribution < -0.4 is 9.64 Å². The van der Waals surface area contributed by atoms with Gasteiger partial charge in [0.1, 0.15) is 6.10 Å². The van der Waals surface area contributed by atoms with Crippen LogP contribution in [-0.2, 0) is 16.3 Å². The van der Waals surface area contributed by atoms with E-state index in [4.69, 9.17) is 4.74 Å². The monoisotopic (exact) mass is 531 g/mol. The zero-order chi connectivity index (χ0) is 25.4. The summed E-state index contributed by atoms with van der Waals surface area (Å²) >= 11 is 1.27. The fourth-order valence-electron chi connectivity index (χ4n) is 4.19. The summed E-state index contributed by atoms with van der Waals surface area (Å²) in [7, 11) is -3.60. The van der Waals surface area contributed by atoms with Crippen molar-refractivity contribution in [2.45, 2.75) is 44.2 Å². The summed E-state index contributed by atoms with van der Waals surface area (Å²) in [5.74, 6) is 0.247. The lowest BCUT2D eigenvalue weighted by Crippen LogP contribution is -2.39. The van der Waals surface area contributed by atoms with Crippen LogP contribution in [-0.4, -0.2) is 63.4 Å². The lowest BCUT2D eigenvalue weighted by atomic mass is 9.92. The maximum absolute atomic E-state index is 14.5. The van der Waals surface area contributed by atoms with Gasteiger partial charge in [-0.2, -0.15) is 4.39 Å². The molecule has 190 valence electrons. The van der Waals surface area contributed by atoms with E-state index in [1.807, 2.05) is 19.3 Å². The van der Waals surface area contributed by atoms with Crippen LogP contribution in [0.5, 0.6) is 5.19 Å². The highest BCUT2D eigenvalue weighted by molar-refractivity contribution is 7.90. The number of pyridine rings is 1. The van der Waals surface area contributed by atoms with Gasteiger partial charge in [0.05, 0.1) is 17.5 Å². The normalized spacial score (nSPS) is 15.9. The predicted octanol–water partition coefficient (Wildman–Crippen LogP) is 3.43. The van der Waals surface area contributed by atoms with Crippen molar-refractivity contribution in [2.75, 3.05) is 24.2 Å². The molecule has 5 rings (SSSR count). The Morgan fingerprint density at radius 2 is 1.92 bits per heavy atom. The van der Waals surface area contributed by atoms with Gasteiger partial charge >= 0.3 is 0 Å². The molecule has 5 heterocycles. The third-order valence-electron chi connectivity index (χ3n) is 6.38. The quantitative estimate of drug-likeness (QED) is 0.331. The molecule has 1 saturated heterocycles. The maximum atomic E-state index is 14.5. The Morgan fingerprint density at radius 1 is 1.19 bits per heavy atom. The number of halogens is 1. The zero-order valence-corrected chi connectivity index (χ0v) is 21.8. The Hall–Kier alpha value is -3.19. The molecular weight excluding hydrogens is 505 g/mol. The van der Waals surface area contributed by atoms with Gasteiger partial charge in [-0.3, -0.25) is 0 Å². The molecule has 0 amide bonds. The van der Waals surface area contributed by atoms with Crippen molar-refractivity contribution < 1.29 is 17.5 Å². The number of ether oxygens (including phenoxy) is 1. The summed E-state index contributed by atoms with van der Waals surface area (Å²) < 4.78 is 45.3. The number of piperidine rings is 1. The molecule has 1 unspecified atom stereocenters. The number of fused-ring (bicyclic) bond motifs is 1. The standard InChI is InChI=1S/C23H26FN7O3S2/c1-4-15-11-25-21(26-12-15)30-9-7-16(8-10-30)14(2)34-23-29-31-13-18(27-22(31)35-23)17-5-6-19(28-20(17)24)36(3,32)33/h5-6,11-14,16H,4,7-10H2,1-3H3. The van der Waals surface area contributed by atoms with E-state index in [0.717, 1.165) is 50.1 Å². The molecule has 1 fully saturated rings. The summed E-state index contributed by atoms with van der Waals surface area (Å²) in [6.07, 6.45) is 9.15. The number of hydrogen-bond acceptors (Lipinski definition) is 10. The van der Waals surface area contributed by atoms with E-state index in [9.17, 15) is 12.8 Å². The highest BCUT2D eigenvalue weighted by Gasteiger charge is 2.27. The van der Waals surface area contributed by atoms with Crippen molar-refractivity contribution in [3.8, 4) is 16.5 Å². The predicted molar refractivity (Wildman–Crippen MR) is 134 cm³/mol. The Morgan fingerprint density at radius 3 is 2.53 bits per heavy atom. The van der Waals surface area contributed by atoms with E-state index < -0.39 is 15.8 Å². The van der Waals surface area contributed by atoms with Crippen LogP contribution >= 0.6 is 11.3 Å². The first-order valence-corrected chi connectivity index (χ1v) is 14.4. The molecule has 1 aliphatic heterocycles. The van der Waals surface area contributed by atoms with Crippen LogP contribution in [0, 0.1) is 11.9 Å². The van der Waals surface area contributed by atoms with Gasteiger partial charge < -0.3 is 9.64 Å². The molecule has 0 aromatic carbocycles. The Labute approximate surface area is 212 Å². The number of aryl methyl sites for hydroxylation is 1. The van der Waals surface area contributed by atoms with Gasteiger partial charge in [-0.15, -0.1) is 5.10 Å². The van der Waals surface area contributed by atoms with Gasteiger partial charge in [0.2, 0.25) is 16.9 Å². The SMILES string of the molecule is CCc1cnc(N2CCC(C(C)Oc3nn4cc(-c5ccc(S(C)(=O)=O)nc5F)nc4s3)CC2)nc1. The lowest BCUT2D eigenvalue weighted by molar-refractivity contribution is 0.131. The molecule has 0 radical (unpaired) electrons. The number of imidazole rings is 1. The zero-order valence-electron chi connectivity index (χ0n) is 20.1. The number of rotatable bonds is 7. The Balaban J connectivity index is 1.22. The van der Waals surface area contributed by atoms with Gasteiger partial charge in [-0.1, -0.05) is 6.92 Å². The van der Waals surface area contributed by atoms with E-state index in [-0.39, 0.29) is 16.7 Å². The van der Waals surface area contributed by atoms with Crippen LogP contribution in [0.15, 0.2) is 35.7 Å². The van der Waals surface area contributed by atoms with Crippen LogP contribution in [0.2, 0.25) is 0 Å². The fourth-order valence-corrected chi connectivity index (χ4v) is 5.57. The first-order valence-electron chi connectivity index (χ1n) is 11.7. The second kappa shape index (κ2) is 9.69. The second-order valence-electron chi connectivity index (χ2n) is 8.87. The van der Waals surface area contributed by atoms with Gasteiger partial charge in [-0.05, 0) is 61.1 Å². The summed E-state index contributed by atoms with van der Waals surface area (Å²) in [5.41, 5.74) is 1.56. The van der Waals surface area contributed by atoms with E-state index in [0.29, 0.717) is 21.8 Å². The average Bonchev–Trinajstić information content (AvgIpc) is 3.42. The largest absolute Gasteiger partial charge is 0.466 e. The fraction of sp³-hybridized carbons (Fsp3) is 0.435. The van der Waals surface area contributed by atoms with E-state index in [1.165, 1.54) is 28.0 Å². The first kappa shape index (κ1) is 24.5. The minimum absolute atomic E-state index is 0.0314. The molecule has 36 heavy (non-hydrogen) atoms. The molecule has 0 bridgehead atoms. The summed E-state index contributed by atoms with van der Waals surface area (Å²) in [5, 5.41) is 4.61. The summed E-state index contributed by atoms with van der Waals surface area (Å²) in [6.45, 7) is 5.87. The molecule has 0 aliphatic carbocycles. The first-order chi connectivity index (χ1) is 17.2. The number of aromatic nitrogens is 6. The van der Waals surface area contributed by atoms with Gasteiger partial charge in [0, 0.05) is 31.7 Å². The van der Waals surface area contributed by atoms with Crippen molar-refractivity contribution in [1.29, 1.82) is 0 Å². The van der Waals surface area contributed by atoms with Gasteiger partial charge in [0.15, 0.2) is 14.9 Å².